The maximum atomic E-state index is 13.4. The molecule has 1 aliphatic rings. The smallest absolute Gasteiger partial charge is 0.232 e. The van der Waals surface area contributed by atoms with E-state index in [1.807, 2.05) is 65.6 Å². The first-order valence-corrected chi connectivity index (χ1v) is 9.51. The van der Waals surface area contributed by atoms with Gasteiger partial charge in [-0.2, -0.15) is 5.26 Å². The molecule has 0 aliphatic carbocycles. The quantitative estimate of drug-likeness (QED) is 0.729. The molecule has 1 amide bonds. The van der Waals surface area contributed by atoms with Crippen molar-refractivity contribution in [2.45, 2.75) is 38.8 Å². The number of hydrogen-bond donors (Lipinski definition) is 0. The lowest BCUT2D eigenvalue weighted by Crippen LogP contribution is -2.51. The van der Waals surface area contributed by atoms with Crippen LogP contribution in [0, 0.1) is 16.7 Å². The second-order valence-electron chi connectivity index (χ2n) is 7.28. The van der Waals surface area contributed by atoms with Crippen LogP contribution in [0.5, 0.6) is 0 Å². The monoisotopic (exact) mass is 362 g/mol. The van der Waals surface area contributed by atoms with Gasteiger partial charge in [0.2, 0.25) is 5.91 Å². The van der Waals surface area contributed by atoms with Crippen LogP contribution in [0.4, 0.5) is 0 Å². The van der Waals surface area contributed by atoms with E-state index in [2.05, 4.69) is 13.0 Å². The summed E-state index contributed by atoms with van der Waals surface area (Å²) in [5.74, 6) is 0.0414. The number of benzene rings is 2. The van der Waals surface area contributed by atoms with Crippen molar-refractivity contribution in [2.24, 2.45) is 5.41 Å². The number of ether oxygens (including phenoxy) is 1. The molecule has 0 spiro atoms. The first-order chi connectivity index (χ1) is 13.2. The van der Waals surface area contributed by atoms with Crippen LogP contribution in [0.25, 0.3) is 0 Å². The van der Waals surface area contributed by atoms with Gasteiger partial charge in [-0.3, -0.25) is 4.79 Å². The molecule has 27 heavy (non-hydrogen) atoms. The molecule has 1 saturated heterocycles. The van der Waals surface area contributed by atoms with Crippen molar-refractivity contribution in [3.05, 3.63) is 71.8 Å². The Morgan fingerprint density at radius 2 is 1.81 bits per heavy atom. The zero-order valence-electron chi connectivity index (χ0n) is 15.8. The number of amides is 1. The fraction of sp³-hybridized carbons (Fsp3) is 0.391. The molecule has 2 aromatic rings. The third-order valence-corrected chi connectivity index (χ3v) is 5.43. The predicted octanol–water partition coefficient (Wildman–Crippen LogP) is 4.49. The number of rotatable bonds is 7. The van der Waals surface area contributed by atoms with Gasteiger partial charge in [0, 0.05) is 6.54 Å². The Labute approximate surface area is 161 Å². The summed E-state index contributed by atoms with van der Waals surface area (Å²) in [6, 6.07) is 22.2. The van der Waals surface area contributed by atoms with Crippen LogP contribution in [0.15, 0.2) is 60.7 Å². The second-order valence-corrected chi connectivity index (χ2v) is 7.28. The number of piperidine rings is 1. The number of carbonyl (C=O) groups excluding carboxylic acids is 1. The Kier molecular flexibility index (Phi) is 6.26. The van der Waals surface area contributed by atoms with E-state index in [1.165, 1.54) is 0 Å². The highest BCUT2D eigenvalue weighted by molar-refractivity contribution is 5.84. The Morgan fingerprint density at radius 1 is 1.15 bits per heavy atom. The van der Waals surface area contributed by atoms with Crippen molar-refractivity contribution < 1.29 is 9.53 Å². The van der Waals surface area contributed by atoms with Gasteiger partial charge in [-0.05, 0) is 30.9 Å². The van der Waals surface area contributed by atoms with Crippen molar-refractivity contribution in [2.75, 3.05) is 13.2 Å². The zero-order valence-corrected chi connectivity index (χ0v) is 15.8. The number of nitriles is 1. The molecule has 2 aromatic carbocycles. The van der Waals surface area contributed by atoms with E-state index in [9.17, 15) is 10.1 Å². The van der Waals surface area contributed by atoms with Gasteiger partial charge in [0.05, 0.1) is 37.2 Å². The van der Waals surface area contributed by atoms with Gasteiger partial charge in [0.15, 0.2) is 0 Å². The lowest BCUT2D eigenvalue weighted by molar-refractivity contribution is -0.154. The predicted molar refractivity (Wildman–Crippen MR) is 105 cm³/mol. The summed E-state index contributed by atoms with van der Waals surface area (Å²) in [6.07, 6.45) is 1.78. The molecular weight excluding hydrogens is 336 g/mol. The molecule has 1 heterocycles. The van der Waals surface area contributed by atoms with Crippen molar-refractivity contribution in [3.63, 3.8) is 0 Å². The maximum Gasteiger partial charge on any atom is 0.232 e. The van der Waals surface area contributed by atoms with Crippen molar-refractivity contribution in [1.29, 1.82) is 5.26 Å². The molecule has 0 bridgehead atoms. The molecule has 1 aliphatic heterocycles. The molecule has 0 radical (unpaired) electrons. The van der Waals surface area contributed by atoms with Crippen LogP contribution in [-0.4, -0.2) is 24.0 Å². The summed E-state index contributed by atoms with van der Waals surface area (Å²) >= 11 is 0. The van der Waals surface area contributed by atoms with Crippen LogP contribution in [-0.2, 0) is 16.1 Å². The van der Waals surface area contributed by atoms with E-state index in [0.717, 1.165) is 24.1 Å². The van der Waals surface area contributed by atoms with E-state index < -0.39 is 5.41 Å². The van der Waals surface area contributed by atoms with Gasteiger partial charge >= 0.3 is 0 Å². The highest BCUT2D eigenvalue weighted by Gasteiger charge is 2.45. The molecule has 0 saturated carbocycles. The van der Waals surface area contributed by atoms with Crippen molar-refractivity contribution in [1.82, 2.24) is 4.90 Å². The van der Waals surface area contributed by atoms with E-state index in [-0.39, 0.29) is 25.0 Å². The largest absolute Gasteiger partial charge is 0.376 e. The SMILES string of the molecule is C[C@@H](c1ccccc1)N1CCCC(CC#N)(COCc2ccccc2)C1=O. The normalized spacial score (nSPS) is 20.9. The van der Waals surface area contributed by atoms with Gasteiger partial charge in [-0.25, -0.2) is 0 Å². The summed E-state index contributed by atoms with van der Waals surface area (Å²) < 4.78 is 5.92. The minimum Gasteiger partial charge on any atom is -0.376 e. The molecule has 1 fully saturated rings. The maximum absolute atomic E-state index is 13.4. The van der Waals surface area contributed by atoms with Crippen molar-refractivity contribution in [3.8, 4) is 6.07 Å². The summed E-state index contributed by atoms with van der Waals surface area (Å²) in [7, 11) is 0. The number of carbonyl (C=O) groups is 1. The Morgan fingerprint density at radius 3 is 2.48 bits per heavy atom. The molecule has 0 aromatic heterocycles. The molecular formula is C23H26N2O2. The first-order valence-electron chi connectivity index (χ1n) is 9.51. The molecule has 2 atom stereocenters. The topological polar surface area (TPSA) is 53.3 Å². The van der Waals surface area contributed by atoms with Crippen molar-refractivity contribution >= 4 is 5.91 Å². The number of hydrogen-bond acceptors (Lipinski definition) is 3. The fourth-order valence-electron chi connectivity index (χ4n) is 3.82. The molecule has 4 heteroatoms. The van der Waals surface area contributed by atoms with Crippen LogP contribution in [0.1, 0.15) is 43.4 Å². The summed E-state index contributed by atoms with van der Waals surface area (Å²) in [6.45, 7) is 3.52. The molecule has 0 N–H and O–H groups in total. The minimum atomic E-state index is -0.745. The molecule has 1 unspecified atom stereocenters. The summed E-state index contributed by atoms with van der Waals surface area (Å²) in [5, 5.41) is 9.38. The van der Waals surface area contributed by atoms with Crippen LogP contribution < -0.4 is 0 Å². The average molecular weight is 362 g/mol. The third kappa shape index (κ3) is 4.37. The van der Waals surface area contributed by atoms with Gasteiger partial charge < -0.3 is 9.64 Å². The van der Waals surface area contributed by atoms with Crippen LogP contribution in [0.2, 0.25) is 0 Å². The second kappa shape index (κ2) is 8.83. The van der Waals surface area contributed by atoms with E-state index >= 15 is 0 Å². The Bertz CT molecular complexity index is 785. The highest BCUT2D eigenvalue weighted by Crippen LogP contribution is 2.38. The van der Waals surface area contributed by atoms with Gasteiger partial charge in [-0.15, -0.1) is 0 Å². The average Bonchev–Trinajstić information content (AvgIpc) is 2.71. The molecule has 4 nitrogen and oxygen atoms in total. The third-order valence-electron chi connectivity index (χ3n) is 5.43. The van der Waals surface area contributed by atoms with E-state index in [0.29, 0.717) is 13.0 Å². The standard InChI is InChI=1S/C23H26N2O2/c1-19(21-11-6-3-7-12-21)25-16-8-13-23(14-15-24,22(25)26)18-27-17-20-9-4-2-5-10-20/h2-7,9-12,19H,8,13-14,16-18H2,1H3/t19-,23?/m0/s1. The highest BCUT2D eigenvalue weighted by atomic mass is 16.5. The lowest BCUT2D eigenvalue weighted by atomic mass is 9.76. The Balaban J connectivity index is 1.73. The lowest BCUT2D eigenvalue weighted by Gasteiger charge is -2.43. The van der Waals surface area contributed by atoms with Crippen LogP contribution in [0.3, 0.4) is 0 Å². The molecule has 3 rings (SSSR count). The summed E-state index contributed by atoms with van der Waals surface area (Å²) in [5.41, 5.74) is 1.44. The summed E-state index contributed by atoms with van der Waals surface area (Å²) in [4.78, 5) is 15.3. The van der Waals surface area contributed by atoms with Crippen LogP contribution >= 0.6 is 0 Å². The fourth-order valence-corrected chi connectivity index (χ4v) is 3.82. The van der Waals surface area contributed by atoms with Gasteiger partial charge in [0.1, 0.15) is 0 Å². The van der Waals surface area contributed by atoms with E-state index in [1.54, 1.807) is 0 Å². The number of likely N-dealkylation sites (tertiary alicyclic amines) is 1. The molecule has 140 valence electrons. The zero-order chi connectivity index (χ0) is 19.1. The number of nitrogens with zero attached hydrogens (tertiary/aromatic N) is 2. The Hall–Kier alpha value is -2.64. The van der Waals surface area contributed by atoms with Gasteiger partial charge in [0.25, 0.3) is 0 Å². The van der Waals surface area contributed by atoms with E-state index in [4.69, 9.17) is 4.74 Å². The van der Waals surface area contributed by atoms with Gasteiger partial charge in [-0.1, -0.05) is 60.7 Å². The first kappa shape index (κ1) is 19.1. The minimum absolute atomic E-state index is 0.00816.